The van der Waals surface area contributed by atoms with Crippen LogP contribution < -0.4 is 16.0 Å². The highest BCUT2D eigenvalue weighted by molar-refractivity contribution is 5.98. The lowest BCUT2D eigenvalue weighted by Gasteiger charge is -2.24. The van der Waals surface area contributed by atoms with Crippen molar-refractivity contribution in [2.75, 3.05) is 43.1 Å². The van der Waals surface area contributed by atoms with Crippen LogP contribution in [0, 0.1) is 18.3 Å². The molecule has 0 saturated carbocycles. The van der Waals surface area contributed by atoms with Crippen LogP contribution in [0.15, 0.2) is 42.7 Å². The van der Waals surface area contributed by atoms with E-state index in [-0.39, 0.29) is 0 Å². The molecule has 0 unspecified atom stereocenters. The van der Waals surface area contributed by atoms with Crippen molar-refractivity contribution in [3.8, 4) is 17.3 Å². The first-order valence-corrected chi connectivity index (χ1v) is 12.9. The van der Waals surface area contributed by atoms with Crippen molar-refractivity contribution in [3.05, 3.63) is 59.4 Å². The first-order valence-electron chi connectivity index (χ1n) is 12.9. The number of hydrogen-bond donors (Lipinski definition) is 2. The fraction of sp³-hybridized carbons (Fsp3) is 0.345. The molecule has 1 atom stereocenters. The van der Waals surface area contributed by atoms with Gasteiger partial charge >= 0.3 is 0 Å². The number of anilines is 4. The summed E-state index contributed by atoms with van der Waals surface area (Å²) < 4.78 is 2.29. The van der Waals surface area contributed by atoms with Gasteiger partial charge in [0.1, 0.15) is 6.07 Å². The maximum Gasteiger partial charge on any atom is 0.227 e. The topological polar surface area (TPSA) is 99.0 Å². The van der Waals surface area contributed by atoms with E-state index in [1.165, 1.54) is 11.1 Å². The van der Waals surface area contributed by atoms with Gasteiger partial charge in [-0.05, 0) is 63.5 Å². The molecule has 0 amide bonds. The summed E-state index contributed by atoms with van der Waals surface area (Å²) in [6, 6.07) is 13.3. The van der Waals surface area contributed by atoms with Gasteiger partial charge in [-0.3, -0.25) is 0 Å². The molecule has 188 valence electrons. The summed E-state index contributed by atoms with van der Waals surface area (Å²) in [7, 11) is 4.26. The molecular weight excluding hydrogens is 460 g/mol. The molecule has 37 heavy (non-hydrogen) atoms. The molecule has 4 aromatic rings. The highest BCUT2D eigenvalue weighted by Gasteiger charge is 2.26. The smallest absolute Gasteiger partial charge is 0.227 e. The molecule has 0 radical (unpaired) electrons. The first kappa shape index (κ1) is 23.3. The van der Waals surface area contributed by atoms with Crippen LogP contribution in [0.4, 0.5) is 23.0 Å². The first-order chi connectivity index (χ1) is 17.9. The largest absolute Gasteiger partial charge is 0.397 e. The summed E-state index contributed by atoms with van der Waals surface area (Å²) in [6.45, 7) is 5.01. The highest BCUT2D eigenvalue weighted by Crippen LogP contribution is 2.37. The summed E-state index contributed by atoms with van der Waals surface area (Å²) in [5.41, 5.74) is 14.9. The molecule has 8 heteroatoms. The summed E-state index contributed by atoms with van der Waals surface area (Å²) in [6.07, 6.45) is 7.06. The minimum absolute atomic E-state index is 0.449. The Labute approximate surface area is 217 Å². The van der Waals surface area contributed by atoms with Crippen molar-refractivity contribution in [1.29, 1.82) is 5.26 Å². The Morgan fingerprint density at radius 1 is 1.22 bits per heavy atom. The number of aromatic nitrogens is 3. The third-order valence-corrected chi connectivity index (χ3v) is 7.85. The van der Waals surface area contributed by atoms with Gasteiger partial charge in [0, 0.05) is 48.5 Å². The van der Waals surface area contributed by atoms with Crippen LogP contribution in [0.3, 0.4) is 0 Å². The number of para-hydroxylation sites is 1. The number of aryl methyl sites for hydroxylation is 3. The van der Waals surface area contributed by atoms with Gasteiger partial charge in [-0.1, -0.05) is 18.2 Å². The molecule has 6 rings (SSSR count). The second-order valence-corrected chi connectivity index (χ2v) is 10.4. The van der Waals surface area contributed by atoms with Crippen molar-refractivity contribution in [3.63, 3.8) is 0 Å². The molecule has 1 saturated heterocycles. The number of nitrogens with two attached hydrogens (primary N) is 1. The molecular formula is C29H32N8. The van der Waals surface area contributed by atoms with E-state index in [4.69, 9.17) is 10.7 Å². The van der Waals surface area contributed by atoms with Gasteiger partial charge in [-0.25, -0.2) is 9.97 Å². The zero-order valence-electron chi connectivity index (χ0n) is 21.6. The average Bonchev–Trinajstić information content (AvgIpc) is 3.53. The average molecular weight is 493 g/mol. The molecule has 2 aromatic heterocycles. The Morgan fingerprint density at radius 2 is 2.08 bits per heavy atom. The van der Waals surface area contributed by atoms with Crippen molar-refractivity contribution in [1.82, 2.24) is 19.4 Å². The zero-order chi connectivity index (χ0) is 25.7. The normalized spacial score (nSPS) is 16.9. The van der Waals surface area contributed by atoms with Crippen LogP contribution in [0.2, 0.25) is 0 Å². The van der Waals surface area contributed by atoms with Gasteiger partial charge in [0.15, 0.2) is 0 Å². The number of nitrogens with one attached hydrogen (secondary N) is 1. The van der Waals surface area contributed by atoms with Gasteiger partial charge in [-0.2, -0.15) is 5.26 Å². The minimum Gasteiger partial charge on any atom is -0.397 e. The lowest BCUT2D eigenvalue weighted by molar-refractivity contribution is 0.315. The number of nitriles is 1. The van der Waals surface area contributed by atoms with Crippen LogP contribution in [0.1, 0.15) is 29.5 Å². The second kappa shape index (κ2) is 9.09. The minimum atomic E-state index is 0.449. The van der Waals surface area contributed by atoms with Gasteiger partial charge in [0.2, 0.25) is 5.95 Å². The predicted octanol–water partition coefficient (Wildman–Crippen LogP) is 4.69. The van der Waals surface area contributed by atoms with E-state index >= 15 is 0 Å². The summed E-state index contributed by atoms with van der Waals surface area (Å²) in [5, 5.41) is 14.3. The fourth-order valence-corrected chi connectivity index (χ4v) is 5.79. The quantitative estimate of drug-likeness (QED) is 0.390. The molecule has 2 aromatic carbocycles. The molecule has 0 spiro atoms. The molecule has 0 bridgehead atoms. The standard InChI is InChI=1S/C29H32N8/c1-18-12-26(36-11-9-21(16-36)35(2)3)24(31)13-25(18)33-29-32-15-20(14-30)27(34-29)23-17-37-10-5-7-19-6-4-8-22(23)28(19)37/h4,6,8,12-13,15,17,21H,5,7,9-11,16,31H2,1-3H3,(H,32,33,34)/t21-/m0/s1. The van der Waals surface area contributed by atoms with Gasteiger partial charge in [0.25, 0.3) is 0 Å². The molecule has 0 aliphatic carbocycles. The molecule has 2 aliphatic rings. The lowest BCUT2D eigenvalue weighted by atomic mass is 10.0. The van der Waals surface area contributed by atoms with Crippen molar-refractivity contribution < 1.29 is 0 Å². The van der Waals surface area contributed by atoms with Gasteiger partial charge in [-0.15, -0.1) is 0 Å². The van der Waals surface area contributed by atoms with E-state index in [1.807, 2.05) is 6.07 Å². The summed E-state index contributed by atoms with van der Waals surface area (Å²) in [5.74, 6) is 0.449. The van der Waals surface area contributed by atoms with E-state index in [0.717, 1.165) is 72.5 Å². The number of hydrogen-bond acceptors (Lipinski definition) is 7. The van der Waals surface area contributed by atoms with Crippen LogP contribution in [0.5, 0.6) is 0 Å². The predicted molar refractivity (Wildman–Crippen MR) is 149 cm³/mol. The highest BCUT2D eigenvalue weighted by atomic mass is 15.2. The third kappa shape index (κ3) is 4.05. The number of nitrogens with zero attached hydrogens (tertiary/aromatic N) is 6. The number of nitrogen functional groups attached to an aromatic ring is 1. The maximum atomic E-state index is 9.85. The van der Waals surface area contributed by atoms with Crippen LogP contribution >= 0.6 is 0 Å². The molecule has 8 nitrogen and oxygen atoms in total. The lowest BCUT2D eigenvalue weighted by Crippen LogP contribution is -2.31. The van der Waals surface area contributed by atoms with E-state index < -0.39 is 0 Å². The van der Waals surface area contributed by atoms with Crippen molar-refractivity contribution in [2.45, 2.75) is 38.8 Å². The zero-order valence-corrected chi connectivity index (χ0v) is 21.6. The fourth-order valence-electron chi connectivity index (χ4n) is 5.79. The van der Waals surface area contributed by atoms with Crippen LogP contribution in [-0.2, 0) is 13.0 Å². The van der Waals surface area contributed by atoms with Crippen LogP contribution in [0.25, 0.3) is 22.2 Å². The Morgan fingerprint density at radius 3 is 2.86 bits per heavy atom. The second-order valence-electron chi connectivity index (χ2n) is 10.4. The Bertz CT molecular complexity index is 1540. The van der Waals surface area contributed by atoms with E-state index in [1.54, 1.807) is 6.20 Å². The number of benzene rings is 2. The summed E-state index contributed by atoms with van der Waals surface area (Å²) >= 11 is 0. The number of rotatable bonds is 5. The summed E-state index contributed by atoms with van der Waals surface area (Å²) in [4.78, 5) is 13.9. The number of likely N-dealkylation sites (N-methyl/N-ethyl adjacent to an activating group) is 1. The Hall–Kier alpha value is -4.09. The Kier molecular flexibility index (Phi) is 5.73. The van der Waals surface area contributed by atoms with Crippen molar-refractivity contribution in [2.24, 2.45) is 0 Å². The van der Waals surface area contributed by atoms with E-state index in [0.29, 0.717) is 23.2 Å². The van der Waals surface area contributed by atoms with Gasteiger partial charge < -0.3 is 25.4 Å². The van der Waals surface area contributed by atoms with Crippen LogP contribution in [-0.4, -0.2) is 52.7 Å². The Balaban J connectivity index is 1.34. The van der Waals surface area contributed by atoms with Crippen molar-refractivity contribution >= 4 is 33.9 Å². The molecule has 4 heterocycles. The molecule has 3 N–H and O–H groups in total. The van der Waals surface area contributed by atoms with E-state index in [9.17, 15) is 5.26 Å². The van der Waals surface area contributed by atoms with Gasteiger partial charge in [0.05, 0.1) is 34.3 Å². The van der Waals surface area contributed by atoms with E-state index in [2.05, 4.69) is 82.2 Å². The monoisotopic (exact) mass is 492 g/mol. The third-order valence-electron chi connectivity index (χ3n) is 7.85. The SMILES string of the molecule is Cc1cc(N2CC[C@H](N(C)C)C2)c(N)cc1Nc1ncc(C#N)c(-c2cn3c4c(cccc24)CCC3)n1. The molecule has 2 aliphatic heterocycles. The molecule has 1 fully saturated rings. The maximum absolute atomic E-state index is 9.85.